The van der Waals surface area contributed by atoms with E-state index in [-0.39, 0.29) is 30.6 Å². The molecule has 0 spiro atoms. The van der Waals surface area contributed by atoms with Crippen molar-refractivity contribution < 1.29 is 17.9 Å². The van der Waals surface area contributed by atoms with E-state index in [2.05, 4.69) is 21.9 Å². The molecule has 1 aliphatic rings. The number of hydrogen-bond donors (Lipinski definition) is 1. The van der Waals surface area contributed by atoms with E-state index in [9.17, 15) is 13.2 Å². The summed E-state index contributed by atoms with van der Waals surface area (Å²) in [4.78, 5) is 2.16. The molecule has 0 aliphatic carbocycles. The van der Waals surface area contributed by atoms with Crippen LogP contribution >= 0.6 is 24.8 Å². The Bertz CT molecular complexity index is 401. The lowest BCUT2D eigenvalue weighted by Crippen LogP contribution is -2.49. The first-order chi connectivity index (χ1) is 8.46. The molecule has 1 saturated heterocycles. The van der Waals surface area contributed by atoms with E-state index in [1.54, 1.807) is 12.1 Å². The minimum Gasteiger partial charge on any atom is -0.406 e. The van der Waals surface area contributed by atoms with Crippen LogP contribution in [0.25, 0.3) is 0 Å². The van der Waals surface area contributed by atoms with Gasteiger partial charge in [-0.3, -0.25) is 0 Å². The second-order valence-corrected chi connectivity index (χ2v) is 4.29. The molecule has 1 aromatic carbocycles. The van der Waals surface area contributed by atoms with Gasteiger partial charge in [-0.15, -0.1) is 38.0 Å². The minimum atomic E-state index is -4.64. The van der Waals surface area contributed by atoms with E-state index < -0.39 is 6.36 Å². The number of benzene rings is 1. The van der Waals surface area contributed by atoms with Gasteiger partial charge in [0.2, 0.25) is 0 Å². The standard InChI is InChI=1S/C12H15F3N2O.2ClH/c1-9-8-16-6-7-17(9)10-2-4-11(5-3-10)18-12(13,14)15;;/h2-5,9,16H,6-8H2,1H3;2*1H. The van der Waals surface area contributed by atoms with Crippen LogP contribution in [0.15, 0.2) is 24.3 Å². The van der Waals surface area contributed by atoms with Gasteiger partial charge in [-0.25, -0.2) is 0 Å². The van der Waals surface area contributed by atoms with Crippen LogP contribution < -0.4 is 15.0 Å². The van der Waals surface area contributed by atoms with Crippen LogP contribution in [0, 0.1) is 0 Å². The Morgan fingerprint density at radius 1 is 1.20 bits per heavy atom. The second kappa shape index (κ2) is 7.81. The Labute approximate surface area is 128 Å². The highest BCUT2D eigenvalue weighted by molar-refractivity contribution is 5.85. The molecule has 2 rings (SSSR count). The average Bonchev–Trinajstić information content (AvgIpc) is 2.29. The Morgan fingerprint density at radius 2 is 1.80 bits per heavy atom. The fourth-order valence-electron chi connectivity index (χ4n) is 2.06. The molecule has 3 nitrogen and oxygen atoms in total. The highest BCUT2D eigenvalue weighted by atomic mass is 35.5. The lowest BCUT2D eigenvalue weighted by molar-refractivity contribution is -0.274. The van der Waals surface area contributed by atoms with E-state index in [1.165, 1.54) is 12.1 Å². The van der Waals surface area contributed by atoms with Crippen LogP contribution in [0.4, 0.5) is 18.9 Å². The summed E-state index contributed by atoms with van der Waals surface area (Å²) >= 11 is 0. The molecule has 0 saturated carbocycles. The number of rotatable bonds is 2. The normalized spacial score (nSPS) is 18.8. The van der Waals surface area contributed by atoms with Crippen molar-refractivity contribution >= 4 is 30.5 Å². The van der Waals surface area contributed by atoms with Gasteiger partial charge in [-0.2, -0.15) is 0 Å². The van der Waals surface area contributed by atoms with Gasteiger partial charge in [-0.1, -0.05) is 0 Å². The maximum atomic E-state index is 12.0. The average molecular weight is 333 g/mol. The number of ether oxygens (including phenoxy) is 1. The van der Waals surface area contributed by atoms with E-state index in [0.717, 1.165) is 25.3 Å². The van der Waals surface area contributed by atoms with Gasteiger partial charge in [0.05, 0.1) is 0 Å². The van der Waals surface area contributed by atoms with Crippen LogP contribution in [0.1, 0.15) is 6.92 Å². The summed E-state index contributed by atoms with van der Waals surface area (Å²) in [5, 5.41) is 3.26. The third kappa shape index (κ3) is 5.26. The molecule has 0 bridgehead atoms. The third-order valence-corrected chi connectivity index (χ3v) is 2.90. The first-order valence-electron chi connectivity index (χ1n) is 5.79. The van der Waals surface area contributed by atoms with Gasteiger partial charge in [-0.05, 0) is 31.2 Å². The topological polar surface area (TPSA) is 24.5 Å². The zero-order valence-corrected chi connectivity index (χ0v) is 12.4. The van der Waals surface area contributed by atoms with Crippen LogP contribution in [0.3, 0.4) is 0 Å². The SMILES string of the molecule is CC1CNCCN1c1ccc(OC(F)(F)F)cc1.Cl.Cl. The number of halogens is 5. The van der Waals surface area contributed by atoms with Crippen molar-refractivity contribution in [2.45, 2.75) is 19.3 Å². The van der Waals surface area contributed by atoms with Crippen molar-refractivity contribution in [2.75, 3.05) is 24.5 Å². The predicted molar refractivity (Wildman–Crippen MR) is 77.3 cm³/mol. The maximum absolute atomic E-state index is 12.0. The fraction of sp³-hybridized carbons (Fsp3) is 0.500. The largest absolute Gasteiger partial charge is 0.573 e. The van der Waals surface area contributed by atoms with Gasteiger partial charge in [0, 0.05) is 31.4 Å². The number of anilines is 1. The summed E-state index contributed by atoms with van der Waals surface area (Å²) in [7, 11) is 0. The van der Waals surface area contributed by atoms with Crippen LogP contribution in [0.2, 0.25) is 0 Å². The molecule has 1 atom stereocenters. The van der Waals surface area contributed by atoms with Crippen molar-refractivity contribution in [1.29, 1.82) is 0 Å². The van der Waals surface area contributed by atoms with Gasteiger partial charge in [0.1, 0.15) is 5.75 Å². The molecule has 1 aromatic rings. The molecule has 0 radical (unpaired) electrons. The zero-order valence-electron chi connectivity index (χ0n) is 10.8. The van der Waals surface area contributed by atoms with Crippen molar-refractivity contribution in [3.63, 3.8) is 0 Å². The Balaban J connectivity index is 0.00000180. The molecule has 20 heavy (non-hydrogen) atoms. The molecule has 1 heterocycles. The number of nitrogens with zero attached hydrogens (tertiary/aromatic N) is 1. The van der Waals surface area contributed by atoms with E-state index in [1.807, 2.05) is 0 Å². The van der Waals surface area contributed by atoms with Gasteiger partial charge in [0.15, 0.2) is 0 Å². The fourth-order valence-corrected chi connectivity index (χ4v) is 2.06. The minimum absolute atomic E-state index is 0. The zero-order chi connectivity index (χ0) is 13.2. The van der Waals surface area contributed by atoms with Crippen LogP contribution in [-0.2, 0) is 0 Å². The highest BCUT2D eigenvalue weighted by Gasteiger charge is 2.31. The smallest absolute Gasteiger partial charge is 0.406 e. The number of nitrogens with one attached hydrogen (secondary N) is 1. The van der Waals surface area contributed by atoms with Crippen molar-refractivity contribution in [2.24, 2.45) is 0 Å². The summed E-state index contributed by atoms with van der Waals surface area (Å²) in [6, 6.07) is 6.33. The van der Waals surface area contributed by atoms with Crippen LogP contribution in [-0.4, -0.2) is 32.0 Å². The molecule has 1 N–H and O–H groups in total. The first kappa shape index (κ1) is 19.1. The first-order valence-corrected chi connectivity index (χ1v) is 5.79. The number of piperazine rings is 1. The lowest BCUT2D eigenvalue weighted by Gasteiger charge is -2.35. The molecule has 8 heteroatoms. The van der Waals surface area contributed by atoms with Gasteiger partial charge >= 0.3 is 6.36 Å². The predicted octanol–water partition coefficient (Wildman–Crippen LogP) is 3.23. The molecule has 1 aliphatic heterocycles. The van der Waals surface area contributed by atoms with Gasteiger partial charge in [0.25, 0.3) is 0 Å². The van der Waals surface area contributed by atoms with Crippen LogP contribution in [0.5, 0.6) is 5.75 Å². The van der Waals surface area contributed by atoms with E-state index >= 15 is 0 Å². The van der Waals surface area contributed by atoms with E-state index in [0.29, 0.717) is 6.04 Å². The molecule has 1 fully saturated rings. The summed E-state index contributed by atoms with van der Waals surface area (Å²) in [6.45, 7) is 4.68. The van der Waals surface area contributed by atoms with Crippen molar-refractivity contribution in [3.8, 4) is 5.75 Å². The summed E-state index contributed by atoms with van der Waals surface area (Å²) in [5.41, 5.74) is 0.915. The maximum Gasteiger partial charge on any atom is 0.573 e. The van der Waals surface area contributed by atoms with Crippen molar-refractivity contribution in [3.05, 3.63) is 24.3 Å². The summed E-state index contributed by atoms with van der Waals surface area (Å²) in [5.74, 6) is -0.186. The third-order valence-electron chi connectivity index (χ3n) is 2.90. The van der Waals surface area contributed by atoms with Gasteiger partial charge < -0.3 is 15.0 Å². The number of hydrogen-bond acceptors (Lipinski definition) is 3. The highest BCUT2D eigenvalue weighted by Crippen LogP contribution is 2.26. The summed E-state index contributed by atoms with van der Waals surface area (Å²) < 4.78 is 39.9. The Morgan fingerprint density at radius 3 is 2.30 bits per heavy atom. The Hall–Kier alpha value is -0.850. The lowest BCUT2D eigenvalue weighted by atomic mass is 10.2. The quantitative estimate of drug-likeness (QED) is 0.899. The summed E-state index contributed by atoms with van der Waals surface area (Å²) in [6.07, 6.45) is -4.64. The molecule has 0 amide bonds. The Kier molecular flexibility index (Phi) is 7.47. The monoisotopic (exact) mass is 332 g/mol. The van der Waals surface area contributed by atoms with E-state index in [4.69, 9.17) is 0 Å². The molecular formula is C12H17Cl2F3N2O. The molecule has 116 valence electrons. The molecular weight excluding hydrogens is 316 g/mol. The second-order valence-electron chi connectivity index (χ2n) is 4.29. The molecule has 1 unspecified atom stereocenters. The number of alkyl halides is 3. The molecule has 0 aromatic heterocycles. The van der Waals surface area contributed by atoms with Crippen molar-refractivity contribution in [1.82, 2.24) is 5.32 Å².